The Labute approximate surface area is 164 Å². The molecule has 27 heavy (non-hydrogen) atoms. The van der Waals surface area contributed by atoms with E-state index < -0.39 is 0 Å². The third kappa shape index (κ3) is 3.47. The van der Waals surface area contributed by atoms with Crippen molar-refractivity contribution in [3.05, 3.63) is 46.1 Å². The van der Waals surface area contributed by atoms with Gasteiger partial charge in [0.1, 0.15) is 0 Å². The highest BCUT2D eigenvalue weighted by molar-refractivity contribution is 7.17. The van der Waals surface area contributed by atoms with Crippen molar-refractivity contribution >= 4 is 16.3 Å². The molecule has 7 heteroatoms. The molecular formula is C20H27N5OS. The van der Waals surface area contributed by atoms with Crippen molar-refractivity contribution in [2.24, 2.45) is 0 Å². The lowest BCUT2D eigenvalue weighted by Gasteiger charge is -2.37. The van der Waals surface area contributed by atoms with Crippen molar-refractivity contribution in [3.8, 4) is 5.88 Å². The number of hydrogen-bond donors (Lipinski definition) is 1. The number of rotatable bonds is 5. The highest BCUT2D eigenvalue weighted by Crippen LogP contribution is 2.40. The summed E-state index contributed by atoms with van der Waals surface area (Å²) in [7, 11) is 2.16. The van der Waals surface area contributed by atoms with Gasteiger partial charge >= 0.3 is 0 Å². The summed E-state index contributed by atoms with van der Waals surface area (Å²) in [4.78, 5) is 11.1. The summed E-state index contributed by atoms with van der Waals surface area (Å²) < 4.78 is 1.60. The van der Waals surface area contributed by atoms with E-state index in [0.29, 0.717) is 0 Å². The fourth-order valence-electron chi connectivity index (χ4n) is 3.66. The Bertz CT molecular complexity index is 908. The smallest absolute Gasteiger partial charge is 0.230 e. The van der Waals surface area contributed by atoms with Crippen LogP contribution in [0, 0.1) is 0 Å². The van der Waals surface area contributed by atoms with Crippen LogP contribution in [0.2, 0.25) is 0 Å². The Hall–Kier alpha value is -1.96. The summed E-state index contributed by atoms with van der Waals surface area (Å²) in [5.74, 6) is 0.997. The molecule has 1 N–H and O–H groups in total. The molecule has 4 rings (SSSR count). The zero-order valence-corrected chi connectivity index (χ0v) is 17.0. The molecule has 0 spiro atoms. The van der Waals surface area contributed by atoms with E-state index in [2.05, 4.69) is 58.1 Å². The van der Waals surface area contributed by atoms with E-state index in [1.54, 1.807) is 15.9 Å². The first-order chi connectivity index (χ1) is 13.1. The number of aromatic hydroxyl groups is 1. The molecule has 1 aromatic carbocycles. The van der Waals surface area contributed by atoms with E-state index in [9.17, 15) is 5.11 Å². The van der Waals surface area contributed by atoms with Crippen LogP contribution in [0.25, 0.3) is 4.96 Å². The van der Waals surface area contributed by atoms with Crippen molar-refractivity contribution < 1.29 is 5.11 Å². The van der Waals surface area contributed by atoms with Gasteiger partial charge in [0.2, 0.25) is 10.8 Å². The molecular weight excluding hydrogens is 358 g/mol. The molecule has 1 aliphatic heterocycles. The lowest BCUT2D eigenvalue weighted by Crippen LogP contribution is -2.46. The summed E-state index contributed by atoms with van der Waals surface area (Å²) in [6.07, 6.45) is 1.80. The molecule has 1 saturated heterocycles. The molecule has 6 nitrogen and oxygen atoms in total. The van der Waals surface area contributed by atoms with Crippen LogP contribution in [0.5, 0.6) is 5.88 Å². The number of fused-ring (bicyclic) bond motifs is 1. The van der Waals surface area contributed by atoms with Gasteiger partial charge in [-0.3, -0.25) is 4.90 Å². The molecule has 1 fully saturated rings. The first kappa shape index (κ1) is 18.4. The number of benzene rings is 1. The molecule has 3 aromatic rings. The summed E-state index contributed by atoms with van der Waals surface area (Å²) >= 11 is 1.55. The Kier molecular flexibility index (Phi) is 5.16. The number of thiazole rings is 1. The molecule has 0 saturated carbocycles. The Morgan fingerprint density at radius 2 is 1.78 bits per heavy atom. The molecule has 144 valence electrons. The van der Waals surface area contributed by atoms with E-state index >= 15 is 0 Å². The van der Waals surface area contributed by atoms with E-state index in [4.69, 9.17) is 0 Å². The van der Waals surface area contributed by atoms with Crippen molar-refractivity contribution in [1.29, 1.82) is 0 Å². The largest absolute Gasteiger partial charge is 0.492 e. The van der Waals surface area contributed by atoms with Gasteiger partial charge in [-0.25, -0.2) is 4.98 Å². The van der Waals surface area contributed by atoms with E-state index in [-0.39, 0.29) is 11.9 Å². The predicted molar refractivity (Wildman–Crippen MR) is 109 cm³/mol. The van der Waals surface area contributed by atoms with Gasteiger partial charge in [0.15, 0.2) is 5.82 Å². The van der Waals surface area contributed by atoms with Gasteiger partial charge in [-0.2, -0.15) is 4.52 Å². The topological polar surface area (TPSA) is 56.9 Å². The van der Waals surface area contributed by atoms with Gasteiger partial charge in [0, 0.05) is 32.6 Å². The van der Waals surface area contributed by atoms with Crippen LogP contribution < -0.4 is 0 Å². The standard InChI is InChI=1S/C20H27N5OS/c1-4-14-6-8-15(9-7-14)17(24-12-10-23(3)11-13-24)18-19(26)25-20(27-18)21-16(5-2)22-25/h6-9,17,26H,4-5,10-13H2,1-3H3/t17-/m0/s1. The first-order valence-corrected chi connectivity index (χ1v) is 10.5. The van der Waals surface area contributed by atoms with Gasteiger partial charge in [0.25, 0.3) is 0 Å². The van der Waals surface area contributed by atoms with Crippen LogP contribution in [0.3, 0.4) is 0 Å². The quantitative estimate of drug-likeness (QED) is 0.732. The fraction of sp³-hybridized carbons (Fsp3) is 0.500. The number of aromatic nitrogens is 3. The first-order valence-electron chi connectivity index (χ1n) is 9.69. The zero-order valence-electron chi connectivity index (χ0n) is 16.2. The second-order valence-corrected chi connectivity index (χ2v) is 8.21. The van der Waals surface area contributed by atoms with Crippen LogP contribution in [-0.4, -0.2) is 62.7 Å². The lowest BCUT2D eigenvalue weighted by molar-refractivity contribution is 0.127. The maximum absolute atomic E-state index is 10.9. The number of nitrogens with zero attached hydrogens (tertiary/aromatic N) is 5. The molecule has 0 unspecified atom stereocenters. The average Bonchev–Trinajstić information content (AvgIpc) is 3.23. The minimum absolute atomic E-state index is 0.0307. The summed E-state index contributed by atoms with van der Waals surface area (Å²) in [5, 5.41) is 15.4. The van der Waals surface area contributed by atoms with Gasteiger partial charge < -0.3 is 10.0 Å². The predicted octanol–water partition coefficient (Wildman–Crippen LogP) is 2.96. The lowest BCUT2D eigenvalue weighted by atomic mass is 10.0. The van der Waals surface area contributed by atoms with E-state index in [1.165, 1.54) is 11.1 Å². The van der Waals surface area contributed by atoms with Crippen molar-refractivity contribution in [3.63, 3.8) is 0 Å². The Morgan fingerprint density at radius 1 is 1.07 bits per heavy atom. The summed E-state index contributed by atoms with van der Waals surface area (Å²) in [5.41, 5.74) is 2.54. The molecule has 0 radical (unpaired) electrons. The summed E-state index contributed by atoms with van der Waals surface area (Å²) in [6.45, 7) is 8.22. The van der Waals surface area contributed by atoms with Crippen molar-refractivity contribution in [2.75, 3.05) is 33.2 Å². The maximum Gasteiger partial charge on any atom is 0.230 e. The Balaban J connectivity index is 1.77. The molecule has 0 bridgehead atoms. The van der Waals surface area contributed by atoms with E-state index in [1.807, 2.05) is 6.92 Å². The minimum Gasteiger partial charge on any atom is -0.492 e. The molecule has 1 aliphatic rings. The van der Waals surface area contributed by atoms with Gasteiger partial charge in [-0.15, -0.1) is 5.10 Å². The highest BCUT2D eigenvalue weighted by Gasteiger charge is 2.31. The van der Waals surface area contributed by atoms with Gasteiger partial charge in [0.05, 0.1) is 10.9 Å². The normalized spacial score (nSPS) is 17.6. The monoisotopic (exact) mass is 385 g/mol. The molecule has 1 atom stereocenters. The highest BCUT2D eigenvalue weighted by atomic mass is 32.1. The van der Waals surface area contributed by atoms with Crippen molar-refractivity contribution in [1.82, 2.24) is 24.4 Å². The molecule has 3 heterocycles. The van der Waals surface area contributed by atoms with Crippen molar-refractivity contribution in [2.45, 2.75) is 32.7 Å². The van der Waals surface area contributed by atoms with Gasteiger partial charge in [-0.05, 0) is 24.6 Å². The van der Waals surface area contributed by atoms with Crippen LogP contribution in [-0.2, 0) is 12.8 Å². The second kappa shape index (κ2) is 7.58. The van der Waals surface area contributed by atoms with E-state index in [0.717, 1.165) is 54.7 Å². The molecule has 0 aliphatic carbocycles. The third-order valence-corrected chi connectivity index (χ3v) is 6.49. The third-order valence-electron chi connectivity index (χ3n) is 5.41. The second-order valence-electron chi connectivity index (χ2n) is 7.20. The zero-order chi connectivity index (χ0) is 19.0. The maximum atomic E-state index is 10.9. The van der Waals surface area contributed by atoms with Crippen LogP contribution >= 0.6 is 11.3 Å². The minimum atomic E-state index is 0.0307. The fourth-order valence-corrected chi connectivity index (χ4v) is 4.80. The van der Waals surface area contributed by atoms with Gasteiger partial charge in [-0.1, -0.05) is 49.4 Å². The molecule has 0 amide bonds. The average molecular weight is 386 g/mol. The van der Waals surface area contributed by atoms with Crippen LogP contribution in [0.4, 0.5) is 0 Å². The Morgan fingerprint density at radius 3 is 2.37 bits per heavy atom. The SMILES string of the molecule is CCc1ccc([C@@H](c2sc3nc(CC)nn3c2O)N2CCN(C)CC2)cc1. The number of piperazine rings is 1. The van der Waals surface area contributed by atoms with Crippen LogP contribution in [0.1, 0.15) is 41.7 Å². The number of aryl methyl sites for hydroxylation is 2. The number of hydrogen-bond acceptors (Lipinski definition) is 6. The van der Waals surface area contributed by atoms with Crippen LogP contribution in [0.15, 0.2) is 24.3 Å². The molecule has 2 aromatic heterocycles. The number of likely N-dealkylation sites (N-methyl/N-ethyl adjacent to an activating group) is 1. The summed E-state index contributed by atoms with van der Waals surface area (Å²) in [6, 6.07) is 8.83.